The van der Waals surface area contributed by atoms with E-state index in [2.05, 4.69) is 15.4 Å². The highest BCUT2D eigenvalue weighted by molar-refractivity contribution is 5.78. The standard InChI is InChI=1S/C14H21N3O2/c1-10-8-11(19-16-10)9-14(18)15-12-4-2-6-17-7-3-5-13(12)17/h8,12-13H,2-7,9H2,1H3,(H,15,18)/t12-,13-/m0/s1. The number of aromatic nitrogens is 1. The number of rotatable bonds is 3. The number of nitrogens with one attached hydrogen (secondary N) is 1. The molecule has 2 atom stereocenters. The Balaban J connectivity index is 1.56. The highest BCUT2D eigenvalue weighted by Gasteiger charge is 2.35. The van der Waals surface area contributed by atoms with Gasteiger partial charge in [0.2, 0.25) is 5.91 Å². The molecule has 5 heteroatoms. The molecule has 104 valence electrons. The van der Waals surface area contributed by atoms with Crippen LogP contribution in [0.5, 0.6) is 0 Å². The van der Waals surface area contributed by atoms with E-state index in [0.717, 1.165) is 12.1 Å². The molecule has 5 nitrogen and oxygen atoms in total. The first-order valence-electron chi connectivity index (χ1n) is 7.18. The minimum Gasteiger partial charge on any atom is -0.361 e. The third kappa shape index (κ3) is 2.81. The van der Waals surface area contributed by atoms with E-state index >= 15 is 0 Å². The van der Waals surface area contributed by atoms with Crippen molar-refractivity contribution in [2.45, 2.75) is 51.1 Å². The van der Waals surface area contributed by atoms with E-state index < -0.39 is 0 Å². The van der Waals surface area contributed by atoms with Gasteiger partial charge in [-0.2, -0.15) is 0 Å². The molecule has 1 aromatic rings. The molecule has 0 aliphatic carbocycles. The van der Waals surface area contributed by atoms with Crippen LogP contribution in [0.15, 0.2) is 10.6 Å². The Morgan fingerprint density at radius 1 is 1.47 bits per heavy atom. The van der Waals surface area contributed by atoms with Crippen LogP contribution in [0.2, 0.25) is 0 Å². The maximum Gasteiger partial charge on any atom is 0.228 e. The molecule has 3 heterocycles. The van der Waals surface area contributed by atoms with Crippen LogP contribution in [-0.4, -0.2) is 41.1 Å². The lowest BCUT2D eigenvalue weighted by Crippen LogP contribution is -2.52. The summed E-state index contributed by atoms with van der Waals surface area (Å²) in [7, 11) is 0. The summed E-state index contributed by atoms with van der Waals surface area (Å²) in [5.74, 6) is 0.698. The summed E-state index contributed by atoms with van der Waals surface area (Å²) in [6, 6.07) is 2.68. The maximum absolute atomic E-state index is 12.1. The van der Waals surface area contributed by atoms with Crippen molar-refractivity contribution in [3.05, 3.63) is 17.5 Å². The van der Waals surface area contributed by atoms with Gasteiger partial charge in [0.15, 0.2) is 0 Å². The van der Waals surface area contributed by atoms with Crippen LogP contribution in [0, 0.1) is 6.92 Å². The van der Waals surface area contributed by atoms with Crippen LogP contribution in [0.4, 0.5) is 0 Å². The molecular formula is C14H21N3O2. The van der Waals surface area contributed by atoms with Crippen LogP contribution < -0.4 is 5.32 Å². The van der Waals surface area contributed by atoms with Crippen LogP contribution in [-0.2, 0) is 11.2 Å². The molecule has 1 amide bonds. The molecule has 19 heavy (non-hydrogen) atoms. The molecule has 3 rings (SSSR count). The van der Waals surface area contributed by atoms with Crippen LogP contribution in [0.3, 0.4) is 0 Å². The van der Waals surface area contributed by atoms with Gasteiger partial charge in [0.1, 0.15) is 5.76 Å². The smallest absolute Gasteiger partial charge is 0.228 e. The van der Waals surface area contributed by atoms with E-state index in [1.54, 1.807) is 0 Å². The molecule has 2 saturated heterocycles. The molecule has 0 saturated carbocycles. The fourth-order valence-electron chi connectivity index (χ4n) is 3.38. The number of hydrogen-bond acceptors (Lipinski definition) is 4. The Morgan fingerprint density at radius 2 is 2.26 bits per heavy atom. The number of hydrogen-bond donors (Lipinski definition) is 1. The Labute approximate surface area is 113 Å². The highest BCUT2D eigenvalue weighted by atomic mass is 16.5. The van der Waals surface area contributed by atoms with Gasteiger partial charge in [-0.05, 0) is 45.7 Å². The van der Waals surface area contributed by atoms with Crippen molar-refractivity contribution in [3.63, 3.8) is 0 Å². The molecule has 0 unspecified atom stereocenters. The second-order valence-corrected chi connectivity index (χ2v) is 5.67. The normalized spacial score (nSPS) is 27.2. The number of carbonyl (C=O) groups excluding carboxylic acids is 1. The number of carbonyl (C=O) groups is 1. The molecule has 1 aromatic heterocycles. The van der Waals surface area contributed by atoms with Gasteiger partial charge in [-0.1, -0.05) is 5.16 Å². The van der Waals surface area contributed by atoms with Crippen molar-refractivity contribution in [2.75, 3.05) is 13.1 Å². The highest BCUT2D eigenvalue weighted by Crippen LogP contribution is 2.27. The third-order valence-corrected chi connectivity index (χ3v) is 4.20. The maximum atomic E-state index is 12.1. The van der Waals surface area contributed by atoms with E-state index in [1.807, 2.05) is 13.0 Å². The minimum atomic E-state index is 0.0508. The molecule has 2 aliphatic rings. The van der Waals surface area contributed by atoms with E-state index in [0.29, 0.717) is 24.3 Å². The predicted molar refractivity (Wildman–Crippen MR) is 70.7 cm³/mol. The zero-order chi connectivity index (χ0) is 13.2. The van der Waals surface area contributed by atoms with Crippen LogP contribution in [0.1, 0.15) is 37.1 Å². The van der Waals surface area contributed by atoms with Gasteiger partial charge in [-0.3, -0.25) is 9.69 Å². The number of aryl methyl sites for hydroxylation is 1. The quantitative estimate of drug-likeness (QED) is 0.892. The number of piperidine rings is 1. The monoisotopic (exact) mass is 263 g/mol. The zero-order valence-corrected chi connectivity index (χ0v) is 11.4. The van der Waals surface area contributed by atoms with Crippen molar-refractivity contribution >= 4 is 5.91 Å². The number of amides is 1. The van der Waals surface area contributed by atoms with Gasteiger partial charge >= 0.3 is 0 Å². The van der Waals surface area contributed by atoms with Gasteiger partial charge in [0.25, 0.3) is 0 Å². The lowest BCUT2D eigenvalue weighted by Gasteiger charge is -2.37. The Kier molecular flexibility index (Phi) is 3.55. The van der Waals surface area contributed by atoms with Crippen molar-refractivity contribution in [3.8, 4) is 0 Å². The van der Waals surface area contributed by atoms with Gasteiger partial charge in [-0.25, -0.2) is 0 Å². The molecule has 2 fully saturated rings. The van der Waals surface area contributed by atoms with Crippen molar-refractivity contribution in [1.29, 1.82) is 0 Å². The first kappa shape index (κ1) is 12.7. The summed E-state index contributed by atoms with van der Waals surface area (Å²) in [5, 5.41) is 6.99. The van der Waals surface area contributed by atoms with Gasteiger partial charge in [-0.15, -0.1) is 0 Å². The Hall–Kier alpha value is -1.36. The lowest BCUT2D eigenvalue weighted by molar-refractivity contribution is -0.122. The molecule has 0 radical (unpaired) electrons. The van der Waals surface area contributed by atoms with Crippen molar-refractivity contribution < 1.29 is 9.32 Å². The summed E-state index contributed by atoms with van der Waals surface area (Å²) in [6.07, 6.45) is 5.06. The van der Waals surface area contributed by atoms with Gasteiger partial charge < -0.3 is 9.84 Å². The average molecular weight is 263 g/mol. The van der Waals surface area contributed by atoms with E-state index in [9.17, 15) is 4.79 Å². The second-order valence-electron chi connectivity index (χ2n) is 5.67. The summed E-state index contributed by atoms with van der Waals surface area (Å²) >= 11 is 0. The Bertz CT molecular complexity index is 457. The van der Waals surface area contributed by atoms with E-state index in [-0.39, 0.29) is 5.91 Å². The summed E-state index contributed by atoms with van der Waals surface area (Å²) in [6.45, 7) is 4.25. The predicted octanol–water partition coefficient (Wildman–Crippen LogP) is 1.27. The summed E-state index contributed by atoms with van der Waals surface area (Å²) in [4.78, 5) is 14.6. The fraction of sp³-hybridized carbons (Fsp3) is 0.714. The van der Waals surface area contributed by atoms with Crippen LogP contribution in [0.25, 0.3) is 0 Å². The average Bonchev–Trinajstić information content (AvgIpc) is 2.98. The number of nitrogens with zero attached hydrogens (tertiary/aromatic N) is 2. The Morgan fingerprint density at radius 3 is 3.00 bits per heavy atom. The topological polar surface area (TPSA) is 58.4 Å². The summed E-state index contributed by atoms with van der Waals surface area (Å²) in [5.41, 5.74) is 0.822. The van der Waals surface area contributed by atoms with Gasteiger partial charge in [0.05, 0.1) is 12.1 Å². The molecule has 0 aromatic carbocycles. The first-order chi connectivity index (χ1) is 9.22. The minimum absolute atomic E-state index is 0.0508. The second kappa shape index (κ2) is 5.33. The molecule has 0 bridgehead atoms. The molecular weight excluding hydrogens is 242 g/mol. The first-order valence-corrected chi connectivity index (χ1v) is 7.18. The van der Waals surface area contributed by atoms with Crippen molar-refractivity contribution in [1.82, 2.24) is 15.4 Å². The number of fused-ring (bicyclic) bond motifs is 1. The molecule has 2 aliphatic heterocycles. The summed E-state index contributed by atoms with van der Waals surface area (Å²) < 4.78 is 5.09. The SMILES string of the molecule is Cc1cc(CC(=O)N[C@H]2CCCN3CCC[C@@H]23)on1. The molecule has 1 N–H and O–H groups in total. The van der Waals surface area contributed by atoms with E-state index in [4.69, 9.17) is 4.52 Å². The largest absolute Gasteiger partial charge is 0.361 e. The van der Waals surface area contributed by atoms with E-state index in [1.165, 1.54) is 32.4 Å². The third-order valence-electron chi connectivity index (χ3n) is 4.20. The fourth-order valence-corrected chi connectivity index (χ4v) is 3.38. The zero-order valence-electron chi connectivity index (χ0n) is 11.4. The lowest BCUT2D eigenvalue weighted by atomic mass is 9.96. The van der Waals surface area contributed by atoms with Gasteiger partial charge in [0, 0.05) is 18.2 Å². The van der Waals surface area contributed by atoms with Crippen LogP contribution >= 0.6 is 0 Å². The molecule has 0 spiro atoms. The van der Waals surface area contributed by atoms with Crippen molar-refractivity contribution in [2.24, 2.45) is 0 Å².